The quantitative estimate of drug-likeness (QED) is 0.882. The third kappa shape index (κ3) is 5.25. The molecule has 0 bridgehead atoms. The highest BCUT2D eigenvalue weighted by atomic mass is 19.4. The molecule has 118 valence electrons. The van der Waals surface area contributed by atoms with Crippen LogP contribution in [0, 0.1) is 0 Å². The summed E-state index contributed by atoms with van der Waals surface area (Å²) in [4.78, 5) is 3.87. The highest BCUT2D eigenvalue weighted by Crippen LogP contribution is 2.22. The fourth-order valence-electron chi connectivity index (χ4n) is 1.79. The van der Waals surface area contributed by atoms with Crippen LogP contribution in [0.15, 0.2) is 42.6 Å². The molecule has 0 atom stereocenters. The normalized spacial score (nSPS) is 11.3. The Morgan fingerprint density at radius 1 is 1.05 bits per heavy atom. The van der Waals surface area contributed by atoms with Crippen LogP contribution in [-0.2, 0) is 17.9 Å². The van der Waals surface area contributed by atoms with Crippen molar-refractivity contribution in [3.8, 4) is 5.75 Å². The van der Waals surface area contributed by atoms with Crippen molar-refractivity contribution >= 4 is 5.82 Å². The molecule has 0 aliphatic heterocycles. The van der Waals surface area contributed by atoms with E-state index in [1.165, 1.54) is 12.1 Å². The molecule has 1 aromatic heterocycles. The van der Waals surface area contributed by atoms with Gasteiger partial charge in [-0.2, -0.15) is 0 Å². The van der Waals surface area contributed by atoms with E-state index in [0.29, 0.717) is 19.0 Å². The van der Waals surface area contributed by atoms with E-state index < -0.39 is 6.36 Å². The molecule has 0 spiro atoms. The molecule has 0 aliphatic rings. The lowest BCUT2D eigenvalue weighted by Gasteiger charge is -2.10. The summed E-state index contributed by atoms with van der Waals surface area (Å²) < 4.78 is 44.9. The highest BCUT2D eigenvalue weighted by Gasteiger charge is 2.31. The topological polar surface area (TPSA) is 43.4 Å². The molecule has 0 fully saturated rings. The van der Waals surface area contributed by atoms with E-state index in [1.807, 2.05) is 24.3 Å². The van der Waals surface area contributed by atoms with Crippen molar-refractivity contribution < 1.29 is 22.6 Å². The smallest absolute Gasteiger partial charge is 0.404 e. The third-order valence-corrected chi connectivity index (χ3v) is 2.78. The molecule has 7 heteroatoms. The van der Waals surface area contributed by atoms with Gasteiger partial charge in [-0.15, -0.1) is 13.2 Å². The Hall–Kier alpha value is -2.28. The van der Waals surface area contributed by atoms with Gasteiger partial charge in [0, 0.05) is 13.7 Å². The Bertz CT molecular complexity index is 583. The molecule has 0 saturated carbocycles. The van der Waals surface area contributed by atoms with Crippen molar-refractivity contribution in [1.82, 2.24) is 4.98 Å². The number of pyridine rings is 1. The van der Waals surface area contributed by atoms with Crippen LogP contribution < -0.4 is 10.1 Å². The van der Waals surface area contributed by atoms with Gasteiger partial charge in [0.1, 0.15) is 11.6 Å². The zero-order valence-corrected chi connectivity index (χ0v) is 11.9. The number of halogens is 3. The van der Waals surface area contributed by atoms with E-state index in [-0.39, 0.29) is 5.75 Å². The largest absolute Gasteiger partial charge is 0.573 e. The summed E-state index contributed by atoms with van der Waals surface area (Å²) >= 11 is 0. The Morgan fingerprint density at radius 2 is 1.73 bits per heavy atom. The van der Waals surface area contributed by atoms with Gasteiger partial charge in [0.2, 0.25) is 0 Å². The summed E-state index contributed by atoms with van der Waals surface area (Å²) in [6.07, 6.45) is -3.68. The maximum atomic E-state index is 12.0. The maximum absolute atomic E-state index is 12.0. The van der Waals surface area contributed by atoms with Crippen molar-refractivity contribution in [2.75, 3.05) is 12.4 Å². The van der Waals surface area contributed by atoms with Gasteiger partial charge >= 0.3 is 6.36 Å². The number of alkyl halides is 3. The first-order valence-corrected chi connectivity index (χ1v) is 6.49. The molecular weight excluding hydrogens is 297 g/mol. The molecule has 22 heavy (non-hydrogen) atoms. The van der Waals surface area contributed by atoms with Crippen LogP contribution in [0.5, 0.6) is 5.75 Å². The first kappa shape index (κ1) is 16.1. The molecule has 4 nitrogen and oxygen atoms in total. The molecule has 2 rings (SSSR count). The van der Waals surface area contributed by atoms with Crippen LogP contribution in [0.1, 0.15) is 11.1 Å². The minimum atomic E-state index is -4.71. The van der Waals surface area contributed by atoms with Crippen LogP contribution in [0.25, 0.3) is 0 Å². The molecule has 1 N–H and O–H groups in total. The van der Waals surface area contributed by atoms with Crippen molar-refractivity contribution in [3.05, 3.63) is 53.7 Å². The molecule has 2 aromatic rings. The maximum Gasteiger partial charge on any atom is 0.573 e. The molecule has 0 aliphatic carbocycles. The molecule has 0 amide bonds. The molecule has 1 aromatic carbocycles. The number of nitrogens with one attached hydrogen (secondary N) is 1. The van der Waals surface area contributed by atoms with Gasteiger partial charge < -0.3 is 14.8 Å². The third-order valence-electron chi connectivity index (χ3n) is 2.78. The monoisotopic (exact) mass is 312 g/mol. The fourth-order valence-corrected chi connectivity index (χ4v) is 1.79. The van der Waals surface area contributed by atoms with E-state index in [1.54, 1.807) is 7.11 Å². The van der Waals surface area contributed by atoms with E-state index in [0.717, 1.165) is 17.3 Å². The average molecular weight is 312 g/mol. The number of nitrogens with zero attached hydrogens (tertiary/aromatic N) is 1. The summed E-state index contributed by atoms with van der Waals surface area (Å²) in [5, 5.41) is 3.02. The van der Waals surface area contributed by atoms with Crippen LogP contribution in [0.4, 0.5) is 19.0 Å². The second kappa shape index (κ2) is 7.13. The first-order chi connectivity index (χ1) is 10.5. The van der Waals surface area contributed by atoms with Gasteiger partial charge in [0.25, 0.3) is 0 Å². The average Bonchev–Trinajstić information content (AvgIpc) is 2.47. The Balaban J connectivity index is 1.88. The van der Waals surface area contributed by atoms with Crippen LogP contribution in [0.3, 0.4) is 0 Å². The molecule has 1 heterocycles. The highest BCUT2D eigenvalue weighted by molar-refractivity contribution is 5.38. The lowest BCUT2D eigenvalue weighted by atomic mass is 10.1. The Morgan fingerprint density at radius 3 is 2.27 bits per heavy atom. The summed E-state index contributed by atoms with van der Waals surface area (Å²) in [5.41, 5.74) is 2.09. The van der Waals surface area contributed by atoms with Gasteiger partial charge in [-0.05, 0) is 23.3 Å². The number of methoxy groups -OCH3 is 1. The Kier molecular flexibility index (Phi) is 5.21. The lowest BCUT2D eigenvalue weighted by molar-refractivity contribution is -0.274. The summed E-state index contributed by atoms with van der Waals surface area (Å²) in [6.45, 7) is 1.07. The van der Waals surface area contributed by atoms with Crippen molar-refractivity contribution in [3.63, 3.8) is 0 Å². The van der Waals surface area contributed by atoms with Crippen LogP contribution >= 0.6 is 0 Å². The Labute approximate surface area is 125 Å². The van der Waals surface area contributed by atoms with E-state index in [4.69, 9.17) is 4.74 Å². The summed E-state index contributed by atoms with van der Waals surface area (Å²) in [5.74, 6) is 0.123. The van der Waals surface area contributed by atoms with E-state index in [9.17, 15) is 13.2 Å². The van der Waals surface area contributed by atoms with Gasteiger partial charge in [-0.25, -0.2) is 4.98 Å². The molecule has 0 saturated heterocycles. The van der Waals surface area contributed by atoms with Crippen LogP contribution in [-0.4, -0.2) is 18.5 Å². The summed E-state index contributed by atoms with van der Waals surface area (Å²) in [7, 11) is 1.63. The zero-order valence-electron chi connectivity index (χ0n) is 11.9. The second-order valence-electron chi connectivity index (χ2n) is 4.53. The van der Waals surface area contributed by atoms with Gasteiger partial charge in [-0.3, -0.25) is 0 Å². The van der Waals surface area contributed by atoms with Crippen LogP contribution in [0.2, 0.25) is 0 Å². The fraction of sp³-hybridized carbons (Fsp3) is 0.267. The SMILES string of the molecule is COCc1ccc(CNc2ccc(OC(F)(F)F)cn2)cc1. The van der Waals surface area contributed by atoms with Crippen molar-refractivity contribution in [2.24, 2.45) is 0 Å². The van der Waals surface area contributed by atoms with Crippen molar-refractivity contribution in [2.45, 2.75) is 19.5 Å². The molecule has 0 unspecified atom stereocenters. The molecular formula is C15H15F3N2O2. The summed E-state index contributed by atoms with van der Waals surface area (Å²) in [6, 6.07) is 10.4. The number of hydrogen-bond donors (Lipinski definition) is 1. The van der Waals surface area contributed by atoms with E-state index in [2.05, 4.69) is 15.0 Å². The predicted octanol–water partition coefficient (Wildman–Crippen LogP) is 3.74. The predicted molar refractivity (Wildman–Crippen MR) is 75.4 cm³/mol. The van der Waals surface area contributed by atoms with Gasteiger partial charge in [0.15, 0.2) is 0 Å². The minimum Gasteiger partial charge on any atom is -0.404 e. The standard InChI is InChI=1S/C15H15F3N2O2/c1-21-10-12-4-2-11(3-5-12)8-19-14-7-6-13(9-20-14)22-15(16,17)18/h2-7,9H,8,10H2,1H3,(H,19,20). The number of benzene rings is 1. The number of rotatable bonds is 6. The van der Waals surface area contributed by atoms with E-state index >= 15 is 0 Å². The van der Waals surface area contributed by atoms with Gasteiger partial charge in [0.05, 0.1) is 12.8 Å². The van der Waals surface area contributed by atoms with Gasteiger partial charge in [-0.1, -0.05) is 24.3 Å². The number of anilines is 1. The lowest BCUT2D eigenvalue weighted by Crippen LogP contribution is -2.17. The molecule has 0 radical (unpaired) electrons. The zero-order chi connectivity index (χ0) is 16.0. The number of hydrogen-bond acceptors (Lipinski definition) is 4. The number of ether oxygens (including phenoxy) is 2. The van der Waals surface area contributed by atoms with Crippen molar-refractivity contribution in [1.29, 1.82) is 0 Å². The first-order valence-electron chi connectivity index (χ1n) is 6.49. The number of aromatic nitrogens is 1. The second-order valence-corrected chi connectivity index (χ2v) is 4.53. The minimum absolute atomic E-state index is 0.345.